The number of hydrogen-bond acceptors (Lipinski definition) is 2. The molecule has 0 saturated carbocycles. The zero-order valence-corrected chi connectivity index (χ0v) is 7.48. The number of carboxylic acids is 2. The summed E-state index contributed by atoms with van der Waals surface area (Å²) in [6.07, 6.45) is 1.60. The van der Waals surface area contributed by atoms with Crippen molar-refractivity contribution in [2.45, 2.75) is 0 Å². The number of halogens is 1. The van der Waals surface area contributed by atoms with E-state index in [9.17, 15) is 14.0 Å². The Bertz CT molecular complexity index is 437. The first-order chi connectivity index (χ1) is 7.02. The van der Waals surface area contributed by atoms with Gasteiger partial charge in [0.1, 0.15) is 5.82 Å². The summed E-state index contributed by atoms with van der Waals surface area (Å²) in [5.74, 6) is -3.35. The molecule has 15 heavy (non-hydrogen) atoms. The predicted molar refractivity (Wildman–Crippen MR) is 50.0 cm³/mol. The van der Waals surface area contributed by atoms with E-state index in [4.69, 9.17) is 10.2 Å². The third-order valence-electron chi connectivity index (χ3n) is 1.68. The molecule has 0 bridgehead atoms. The molecule has 1 aromatic carbocycles. The SMILES string of the molecule is O=C(O)C=Cc1c(F)cccc1C(=O)O. The molecular weight excluding hydrogens is 203 g/mol. The van der Waals surface area contributed by atoms with E-state index in [-0.39, 0.29) is 11.1 Å². The molecule has 0 fully saturated rings. The highest BCUT2D eigenvalue weighted by Crippen LogP contribution is 2.15. The summed E-state index contributed by atoms with van der Waals surface area (Å²) in [6, 6.07) is 3.51. The second-order valence-corrected chi connectivity index (χ2v) is 2.68. The van der Waals surface area contributed by atoms with E-state index in [1.165, 1.54) is 12.1 Å². The quantitative estimate of drug-likeness (QED) is 0.743. The summed E-state index contributed by atoms with van der Waals surface area (Å²) in [4.78, 5) is 20.9. The van der Waals surface area contributed by atoms with Crippen molar-refractivity contribution in [3.63, 3.8) is 0 Å². The number of carbonyl (C=O) groups is 2. The van der Waals surface area contributed by atoms with Crippen molar-refractivity contribution in [2.75, 3.05) is 0 Å². The van der Waals surface area contributed by atoms with Crippen molar-refractivity contribution in [3.05, 3.63) is 41.2 Å². The molecule has 4 nitrogen and oxygen atoms in total. The standard InChI is InChI=1S/C10H7FO4/c11-8-3-1-2-7(10(14)15)6(8)4-5-9(12)13/h1-5H,(H,12,13)(H,14,15). The van der Waals surface area contributed by atoms with Crippen LogP contribution in [0.2, 0.25) is 0 Å². The number of carboxylic acid groups (broad SMARTS) is 2. The van der Waals surface area contributed by atoms with Crippen LogP contribution in [0.5, 0.6) is 0 Å². The minimum absolute atomic E-state index is 0.243. The molecule has 0 radical (unpaired) electrons. The second-order valence-electron chi connectivity index (χ2n) is 2.68. The molecule has 1 aromatic rings. The lowest BCUT2D eigenvalue weighted by atomic mass is 10.1. The number of aliphatic carboxylic acids is 1. The van der Waals surface area contributed by atoms with Crippen LogP contribution in [0, 0.1) is 5.82 Å². The molecule has 0 spiro atoms. The Morgan fingerprint density at radius 1 is 1.27 bits per heavy atom. The number of aromatic carboxylic acids is 1. The van der Waals surface area contributed by atoms with Crippen LogP contribution in [0.15, 0.2) is 24.3 Å². The van der Waals surface area contributed by atoms with Gasteiger partial charge in [-0.3, -0.25) is 0 Å². The highest BCUT2D eigenvalue weighted by Gasteiger charge is 2.11. The van der Waals surface area contributed by atoms with Crippen LogP contribution in [0.1, 0.15) is 15.9 Å². The average Bonchev–Trinajstić information content (AvgIpc) is 2.15. The van der Waals surface area contributed by atoms with E-state index in [1.807, 2.05) is 0 Å². The first-order valence-electron chi connectivity index (χ1n) is 3.95. The summed E-state index contributed by atoms with van der Waals surface area (Å²) >= 11 is 0. The third-order valence-corrected chi connectivity index (χ3v) is 1.68. The first-order valence-corrected chi connectivity index (χ1v) is 3.95. The van der Waals surface area contributed by atoms with Crippen molar-refractivity contribution in [3.8, 4) is 0 Å². The van der Waals surface area contributed by atoms with Crippen molar-refractivity contribution in [1.29, 1.82) is 0 Å². The zero-order valence-electron chi connectivity index (χ0n) is 7.48. The first kappa shape index (κ1) is 10.9. The van der Waals surface area contributed by atoms with Gasteiger partial charge in [-0.15, -0.1) is 0 Å². The summed E-state index contributed by atoms with van der Waals surface area (Å²) in [5, 5.41) is 17.0. The molecule has 0 atom stereocenters. The smallest absolute Gasteiger partial charge is 0.336 e. The second kappa shape index (κ2) is 4.36. The number of benzene rings is 1. The highest BCUT2D eigenvalue weighted by atomic mass is 19.1. The molecule has 1 rings (SSSR count). The zero-order chi connectivity index (χ0) is 11.4. The molecule has 0 unspecified atom stereocenters. The highest BCUT2D eigenvalue weighted by molar-refractivity contribution is 5.94. The fourth-order valence-corrected chi connectivity index (χ4v) is 1.05. The van der Waals surface area contributed by atoms with Gasteiger partial charge in [0.2, 0.25) is 0 Å². The molecule has 0 aliphatic carbocycles. The van der Waals surface area contributed by atoms with Gasteiger partial charge in [0.15, 0.2) is 0 Å². The molecule has 5 heteroatoms. The van der Waals surface area contributed by atoms with E-state index >= 15 is 0 Å². The Morgan fingerprint density at radius 3 is 2.47 bits per heavy atom. The lowest BCUT2D eigenvalue weighted by Gasteiger charge is -2.01. The van der Waals surface area contributed by atoms with Crippen molar-refractivity contribution in [2.24, 2.45) is 0 Å². The maximum atomic E-state index is 13.2. The fourth-order valence-electron chi connectivity index (χ4n) is 1.05. The van der Waals surface area contributed by atoms with E-state index < -0.39 is 17.8 Å². The summed E-state index contributed by atoms with van der Waals surface area (Å²) in [6.45, 7) is 0. The van der Waals surface area contributed by atoms with Crippen molar-refractivity contribution < 1.29 is 24.2 Å². The minimum Gasteiger partial charge on any atom is -0.478 e. The largest absolute Gasteiger partial charge is 0.478 e. The molecule has 0 heterocycles. The Labute approximate surface area is 84.3 Å². The minimum atomic E-state index is -1.31. The summed E-state index contributed by atoms with van der Waals surface area (Å²) < 4.78 is 13.2. The van der Waals surface area contributed by atoms with E-state index in [0.717, 1.165) is 12.1 Å². The molecular formula is C10H7FO4. The van der Waals surface area contributed by atoms with Crippen LogP contribution in [0.4, 0.5) is 4.39 Å². The van der Waals surface area contributed by atoms with Gasteiger partial charge in [0.05, 0.1) is 5.56 Å². The number of hydrogen-bond donors (Lipinski definition) is 2. The monoisotopic (exact) mass is 210 g/mol. The summed E-state index contributed by atoms with van der Waals surface area (Å²) in [5.41, 5.74) is -0.514. The maximum absolute atomic E-state index is 13.2. The van der Waals surface area contributed by atoms with E-state index in [0.29, 0.717) is 6.08 Å². The van der Waals surface area contributed by atoms with Crippen molar-refractivity contribution in [1.82, 2.24) is 0 Å². The van der Waals surface area contributed by atoms with Gasteiger partial charge in [0.25, 0.3) is 0 Å². The van der Waals surface area contributed by atoms with Crippen LogP contribution in [-0.2, 0) is 4.79 Å². The Hall–Kier alpha value is -2.17. The number of rotatable bonds is 3. The normalized spacial score (nSPS) is 10.5. The van der Waals surface area contributed by atoms with E-state index in [2.05, 4.69) is 0 Å². The fraction of sp³-hybridized carbons (Fsp3) is 0. The lowest BCUT2D eigenvalue weighted by Crippen LogP contribution is -2.01. The molecule has 2 N–H and O–H groups in total. The Kier molecular flexibility index (Phi) is 3.17. The maximum Gasteiger partial charge on any atom is 0.336 e. The van der Waals surface area contributed by atoms with Crippen LogP contribution in [-0.4, -0.2) is 22.2 Å². The van der Waals surface area contributed by atoms with Crippen LogP contribution in [0.25, 0.3) is 6.08 Å². The third kappa shape index (κ3) is 2.63. The molecule has 0 amide bonds. The van der Waals surface area contributed by atoms with Gasteiger partial charge >= 0.3 is 11.9 Å². The molecule has 78 valence electrons. The summed E-state index contributed by atoms with van der Waals surface area (Å²) in [7, 11) is 0. The van der Waals surface area contributed by atoms with Gasteiger partial charge in [-0.1, -0.05) is 6.07 Å². The van der Waals surface area contributed by atoms with Crippen LogP contribution < -0.4 is 0 Å². The Balaban J connectivity index is 3.25. The predicted octanol–water partition coefficient (Wildman–Crippen LogP) is 1.62. The molecule has 0 aliphatic rings. The van der Waals surface area contributed by atoms with Crippen LogP contribution >= 0.6 is 0 Å². The molecule has 0 aliphatic heterocycles. The van der Waals surface area contributed by atoms with Gasteiger partial charge < -0.3 is 10.2 Å². The molecule has 0 aromatic heterocycles. The van der Waals surface area contributed by atoms with Gasteiger partial charge in [-0.05, 0) is 18.2 Å². The molecule has 0 saturated heterocycles. The van der Waals surface area contributed by atoms with E-state index in [1.54, 1.807) is 0 Å². The topological polar surface area (TPSA) is 74.6 Å². The van der Waals surface area contributed by atoms with Crippen molar-refractivity contribution >= 4 is 18.0 Å². The Morgan fingerprint density at radius 2 is 1.93 bits per heavy atom. The van der Waals surface area contributed by atoms with Gasteiger partial charge in [-0.25, -0.2) is 14.0 Å². The van der Waals surface area contributed by atoms with Gasteiger partial charge in [0, 0.05) is 11.6 Å². The average molecular weight is 210 g/mol. The lowest BCUT2D eigenvalue weighted by molar-refractivity contribution is -0.131. The van der Waals surface area contributed by atoms with Gasteiger partial charge in [-0.2, -0.15) is 0 Å². The van der Waals surface area contributed by atoms with Crippen LogP contribution in [0.3, 0.4) is 0 Å².